The van der Waals surface area contributed by atoms with E-state index in [-0.39, 0.29) is 5.91 Å². The fraction of sp³-hybridized carbons (Fsp3) is 0.250. The number of nitrogens with zero attached hydrogens (tertiary/aromatic N) is 2. The van der Waals surface area contributed by atoms with Crippen LogP contribution in [0.2, 0.25) is 0 Å². The molecule has 1 N–H and O–H groups in total. The number of rotatable bonds is 8. The molecule has 0 aliphatic rings. The molecule has 4 aromatic rings. The molecule has 1 amide bonds. The van der Waals surface area contributed by atoms with Gasteiger partial charge in [0.15, 0.2) is 0 Å². The highest BCUT2D eigenvalue weighted by atomic mass is 32.1. The van der Waals surface area contributed by atoms with Gasteiger partial charge in [-0.05, 0) is 55.9 Å². The molecule has 0 saturated heterocycles. The zero-order chi connectivity index (χ0) is 20.9. The number of carbonyl (C=O) groups excluding carboxylic acids is 1. The third-order valence-electron chi connectivity index (χ3n) is 5.03. The third kappa shape index (κ3) is 4.78. The van der Waals surface area contributed by atoms with Crippen molar-refractivity contribution in [1.29, 1.82) is 0 Å². The predicted molar refractivity (Wildman–Crippen MR) is 123 cm³/mol. The molecule has 30 heavy (non-hydrogen) atoms. The van der Waals surface area contributed by atoms with Gasteiger partial charge in [-0.1, -0.05) is 30.3 Å². The Balaban J connectivity index is 1.33. The summed E-state index contributed by atoms with van der Waals surface area (Å²) in [5.74, 6) is 0.763. The minimum absolute atomic E-state index is 0.0367. The van der Waals surface area contributed by atoms with Gasteiger partial charge in [-0.2, -0.15) is 0 Å². The van der Waals surface area contributed by atoms with Crippen LogP contribution >= 0.6 is 11.3 Å². The molecule has 0 atom stereocenters. The molecule has 5 nitrogen and oxygen atoms in total. The van der Waals surface area contributed by atoms with Crippen molar-refractivity contribution in [3.05, 3.63) is 71.1 Å². The number of benzene rings is 2. The fourth-order valence-electron chi connectivity index (χ4n) is 3.46. The SMILES string of the molecule is COc1ccc2nc3sc(C(=O)NCCCN(C)Cc4ccccc4)cc3cc2c1. The van der Waals surface area contributed by atoms with Crippen molar-refractivity contribution in [2.75, 3.05) is 27.2 Å². The molecule has 2 aromatic carbocycles. The normalized spacial score (nSPS) is 11.3. The lowest BCUT2D eigenvalue weighted by Gasteiger charge is -2.16. The molecule has 4 rings (SSSR count). The number of pyridine rings is 1. The minimum atomic E-state index is -0.0367. The van der Waals surface area contributed by atoms with E-state index in [4.69, 9.17) is 9.72 Å². The molecule has 0 fully saturated rings. The first-order valence-corrected chi connectivity index (χ1v) is 10.8. The van der Waals surface area contributed by atoms with Gasteiger partial charge in [0.05, 0.1) is 17.5 Å². The largest absolute Gasteiger partial charge is 0.497 e. The molecule has 0 saturated carbocycles. The number of carbonyl (C=O) groups is 1. The fourth-order valence-corrected chi connectivity index (χ4v) is 4.40. The molecule has 0 bridgehead atoms. The smallest absolute Gasteiger partial charge is 0.261 e. The standard InChI is InChI=1S/C24H25N3O2S/c1-27(16-17-7-4-3-5-8-17)12-6-11-25-23(28)22-15-19-13-18-14-20(29-2)9-10-21(18)26-24(19)30-22/h3-5,7-10,13-15H,6,11-12,16H2,1-2H3,(H,25,28). The van der Waals surface area contributed by atoms with Crippen LogP contribution in [0, 0.1) is 0 Å². The molecule has 154 valence electrons. The zero-order valence-corrected chi connectivity index (χ0v) is 18.0. The zero-order valence-electron chi connectivity index (χ0n) is 17.2. The summed E-state index contributed by atoms with van der Waals surface area (Å²) < 4.78 is 5.29. The van der Waals surface area contributed by atoms with Crippen molar-refractivity contribution in [2.24, 2.45) is 0 Å². The van der Waals surface area contributed by atoms with Crippen LogP contribution in [0.3, 0.4) is 0 Å². The Morgan fingerprint density at radius 3 is 2.73 bits per heavy atom. The Bertz CT molecular complexity index is 1160. The van der Waals surface area contributed by atoms with Crippen LogP contribution in [0.5, 0.6) is 5.75 Å². The summed E-state index contributed by atoms with van der Waals surface area (Å²) >= 11 is 1.43. The molecule has 0 aliphatic carbocycles. The van der Waals surface area contributed by atoms with E-state index in [1.54, 1.807) is 7.11 Å². The number of amides is 1. The third-order valence-corrected chi connectivity index (χ3v) is 6.07. The van der Waals surface area contributed by atoms with Gasteiger partial charge in [0, 0.05) is 23.9 Å². The van der Waals surface area contributed by atoms with Gasteiger partial charge in [0.1, 0.15) is 10.6 Å². The van der Waals surface area contributed by atoms with Crippen LogP contribution in [0.4, 0.5) is 0 Å². The summed E-state index contributed by atoms with van der Waals surface area (Å²) in [6, 6.07) is 20.2. The van der Waals surface area contributed by atoms with Gasteiger partial charge >= 0.3 is 0 Å². The highest BCUT2D eigenvalue weighted by Gasteiger charge is 2.12. The van der Waals surface area contributed by atoms with Crippen LogP contribution in [0.15, 0.2) is 60.7 Å². The topological polar surface area (TPSA) is 54.5 Å². The van der Waals surface area contributed by atoms with Crippen molar-refractivity contribution in [1.82, 2.24) is 15.2 Å². The Hall–Kier alpha value is -2.96. The van der Waals surface area contributed by atoms with Crippen LogP contribution < -0.4 is 10.1 Å². The van der Waals surface area contributed by atoms with E-state index in [2.05, 4.69) is 47.6 Å². The Kier molecular flexibility index (Phi) is 6.26. The molecule has 0 spiro atoms. The second-order valence-electron chi connectivity index (χ2n) is 7.38. The Labute approximate surface area is 180 Å². The number of thiophene rings is 1. The first-order valence-electron chi connectivity index (χ1n) is 10.0. The number of aromatic nitrogens is 1. The molecular formula is C24H25N3O2S. The Morgan fingerprint density at radius 1 is 1.10 bits per heavy atom. The summed E-state index contributed by atoms with van der Waals surface area (Å²) in [5, 5.41) is 5.02. The number of methoxy groups -OCH3 is 1. The van der Waals surface area contributed by atoms with Gasteiger partial charge in [0.2, 0.25) is 0 Å². The van der Waals surface area contributed by atoms with Crippen molar-refractivity contribution < 1.29 is 9.53 Å². The molecule has 0 aliphatic heterocycles. The molecular weight excluding hydrogens is 394 g/mol. The number of fused-ring (bicyclic) bond motifs is 2. The van der Waals surface area contributed by atoms with Crippen LogP contribution in [-0.4, -0.2) is 43.0 Å². The number of nitrogens with one attached hydrogen (secondary N) is 1. The van der Waals surface area contributed by atoms with E-state index in [1.807, 2.05) is 30.3 Å². The lowest BCUT2D eigenvalue weighted by molar-refractivity contribution is 0.0956. The van der Waals surface area contributed by atoms with Crippen molar-refractivity contribution in [2.45, 2.75) is 13.0 Å². The van der Waals surface area contributed by atoms with Crippen LogP contribution in [-0.2, 0) is 6.54 Å². The van der Waals surface area contributed by atoms with Crippen molar-refractivity contribution in [3.8, 4) is 5.75 Å². The lowest BCUT2D eigenvalue weighted by Crippen LogP contribution is -2.27. The summed E-state index contributed by atoms with van der Waals surface area (Å²) in [7, 11) is 3.76. The maximum atomic E-state index is 12.6. The quantitative estimate of drug-likeness (QED) is 0.420. The second-order valence-corrected chi connectivity index (χ2v) is 8.42. The Morgan fingerprint density at radius 2 is 1.93 bits per heavy atom. The van der Waals surface area contributed by atoms with Crippen molar-refractivity contribution >= 4 is 38.4 Å². The maximum Gasteiger partial charge on any atom is 0.261 e. The minimum Gasteiger partial charge on any atom is -0.497 e. The number of hydrogen-bond donors (Lipinski definition) is 1. The van der Waals surface area contributed by atoms with E-state index in [0.29, 0.717) is 11.4 Å². The number of ether oxygens (including phenoxy) is 1. The van der Waals surface area contributed by atoms with E-state index < -0.39 is 0 Å². The summed E-state index contributed by atoms with van der Waals surface area (Å²) in [4.78, 5) is 21.1. The number of hydrogen-bond acceptors (Lipinski definition) is 5. The average Bonchev–Trinajstić information content (AvgIpc) is 3.18. The first-order chi connectivity index (χ1) is 14.6. The summed E-state index contributed by atoms with van der Waals surface area (Å²) in [6.07, 6.45) is 0.905. The summed E-state index contributed by atoms with van der Waals surface area (Å²) in [5.41, 5.74) is 2.20. The highest BCUT2D eigenvalue weighted by Crippen LogP contribution is 2.29. The average molecular weight is 420 g/mol. The van der Waals surface area contributed by atoms with Gasteiger partial charge in [-0.15, -0.1) is 11.3 Å². The first kappa shape index (κ1) is 20.3. The van der Waals surface area contributed by atoms with Crippen LogP contribution in [0.1, 0.15) is 21.7 Å². The van der Waals surface area contributed by atoms with Gasteiger partial charge in [0.25, 0.3) is 5.91 Å². The summed E-state index contributed by atoms with van der Waals surface area (Å²) in [6.45, 7) is 2.49. The van der Waals surface area contributed by atoms with Gasteiger partial charge < -0.3 is 15.0 Å². The molecule has 0 radical (unpaired) electrons. The lowest BCUT2D eigenvalue weighted by atomic mass is 10.2. The van der Waals surface area contributed by atoms with E-state index in [0.717, 1.165) is 46.4 Å². The second kappa shape index (κ2) is 9.24. The van der Waals surface area contributed by atoms with Crippen molar-refractivity contribution in [3.63, 3.8) is 0 Å². The molecule has 6 heteroatoms. The van der Waals surface area contributed by atoms with E-state index in [9.17, 15) is 4.79 Å². The monoisotopic (exact) mass is 419 g/mol. The molecule has 2 heterocycles. The van der Waals surface area contributed by atoms with E-state index >= 15 is 0 Å². The van der Waals surface area contributed by atoms with E-state index in [1.165, 1.54) is 16.9 Å². The molecule has 0 unspecified atom stereocenters. The van der Waals surface area contributed by atoms with Crippen LogP contribution in [0.25, 0.3) is 21.1 Å². The van der Waals surface area contributed by atoms with Gasteiger partial charge in [-0.3, -0.25) is 4.79 Å². The maximum absolute atomic E-state index is 12.6. The van der Waals surface area contributed by atoms with Gasteiger partial charge in [-0.25, -0.2) is 4.98 Å². The predicted octanol–water partition coefficient (Wildman–Crippen LogP) is 4.71. The highest BCUT2D eigenvalue weighted by molar-refractivity contribution is 7.20. The molecule has 2 aromatic heterocycles.